The van der Waals surface area contributed by atoms with Crippen LogP contribution in [0.1, 0.15) is 115 Å². The van der Waals surface area contributed by atoms with E-state index in [9.17, 15) is 0 Å². The molecule has 0 aliphatic heterocycles. The van der Waals surface area contributed by atoms with Crippen LogP contribution >= 0.6 is 0 Å². The van der Waals surface area contributed by atoms with E-state index in [2.05, 4.69) is 77.9 Å². The van der Waals surface area contributed by atoms with Gasteiger partial charge in [0.2, 0.25) is 0 Å². The Hall–Kier alpha value is -1.16. The van der Waals surface area contributed by atoms with Gasteiger partial charge in [-0.1, -0.05) is 0 Å². The molecule has 0 bridgehead atoms. The fourth-order valence-corrected chi connectivity index (χ4v) is 15.5. The Morgan fingerprint density at radius 3 is 1.29 bits per heavy atom. The molecule has 2 rings (SSSR count). The van der Waals surface area contributed by atoms with E-state index in [1.165, 1.54) is 73.6 Å². The van der Waals surface area contributed by atoms with Crippen LogP contribution in [-0.2, 0) is 25.7 Å². The third-order valence-corrected chi connectivity index (χ3v) is 16.9. The van der Waals surface area contributed by atoms with Crippen LogP contribution < -0.4 is 6.15 Å². The molecule has 0 N–H and O–H groups in total. The minimum atomic E-state index is -3.50. The van der Waals surface area contributed by atoms with E-state index in [-0.39, 0.29) is 0 Å². The van der Waals surface area contributed by atoms with E-state index in [0.717, 1.165) is 46.1 Å². The van der Waals surface area contributed by atoms with Gasteiger partial charge in [-0.3, -0.25) is 0 Å². The molecule has 196 valence electrons. The van der Waals surface area contributed by atoms with Crippen molar-refractivity contribution in [2.75, 3.05) is 0 Å². The van der Waals surface area contributed by atoms with Gasteiger partial charge in [0, 0.05) is 0 Å². The molecule has 0 amide bonds. The number of rotatable bonds is 18. The van der Waals surface area contributed by atoms with Crippen LogP contribution in [0.5, 0.6) is 11.5 Å². The van der Waals surface area contributed by atoms with Crippen LogP contribution in [0.3, 0.4) is 0 Å². The summed E-state index contributed by atoms with van der Waals surface area (Å²) in [5.74, 6) is 2.25. The molecule has 0 atom stereocenters. The Morgan fingerprint density at radius 2 is 0.943 bits per heavy atom. The summed E-state index contributed by atoms with van der Waals surface area (Å²) in [6.45, 7) is 13.7. The second-order valence-corrected chi connectivity index (χ2v) is 19.2. The molecule has 2 aromatic rings. The maximum absolute atomic E-state index is 7.30. The van der Waals surface area contributed by atoms with Crippen LogP contribution in [0.4, 0.5) is 0 Å². The number of aryl methyl sites for hydroxylation is 2. The molecule has 2 nitrogen and oxygen atoms in total. The Morgan fingerprint density at radius 1 is 0.543 bits per heavy atom. The van der Waals surface area contributed by atoms with Crippen LogP contribution in [0.2, 0.25) is 8.87 Å². The van der Waals surface area contributed by atoms with Gasteiger partial charge >= 0.3 is 223 Å². The van der Waals surface area contributed by atoms with Gasteiger partial charge < -0.3 is 0 Å². The Bertz CT molecular complexity index is 789. The molecule has 35 heavy (non-hydrogen) atoms. The number of hydrogen-bond acceptors (Lipinski definition) is 2. The first kappa shape index (κ1) is 30.1. The van der Waals surface area contributed by atoms with E-state index in [1.54, 1.807) is 0 Å². The van der Waals surface area contributed by atoms with Crippen molar-refractivity contribution in [2.45, 2.75) is 127 Å². The first-order valence-corrected chi connectivity index (χ1v) is 21.0. The quantitative estimate of drug-likeness (QED) is 0.162. The molecule has 0 aliphatic carbocycles. The van der Waals surface area contributed by atoms with Crippen LogP contribution in [-0.4, -0.2) is 19.2 Å². The summed E-state index contributed by atoms with van der Waals surface area (Å²) in [6.07, 6.45) is 13.9. The zero-order valence-corrected chi connectivity index (χ0v) is 26.5. The van der Waals surface area contributed by atoms with Gasteiger partial charge in [-0.15, -0.1) is 0 Å². The van der Waals surface area contributed by atoms with Crippen LogP contribution in [0, 0.1) is 0 Å². The second kappa shape index (κ2) is 16.6. The standard InChI is InChI=1S/2C12H18O.2C4H9.Sn/c2*1-3-5-8-11-10(4-2)7-6-9-12(11)13;2*1-3-4-2;/h2*6-7,9,13H,3-5,8H2,1-2H3;2*1,3-4H2,2H3;/q;;;;+2/p-2. The molecule has 0 heterocycles. The molecule has 0 fully saturated rings. The van der Waals surface area contributed by atoms with Crippen molar-refractivity contribution in [2.24, 2.45) is 0 Å². The van der Waals surface area contributed by atoms with Crippen molar-refractivity contribution in [3.63, 3.8) is 0 Å². The van der Waals surface area contributed by atoms with Crippen molar-refractivity contribution in [3.8, 4) is 11.5 Å². The van der Waals surface area contributed by atoms with E-state index >= 15 is 0 Å². The first-order valence-electron chi connectivity index (χ1n) is 14.7. The Kier molecular flexibility index (Phi) is 14.2. The van der Waals surface area contributed by atoms with E-state index in [1.807, 2.05) is 0 Å². The van der Waals surface area contributed by atoms with Gasteiger partial charge in [-0.25, -0.2) is 0 Å². The summed E-state index contributed by atoms with van der Waals surface area (Å²) >= 11 is -3.50. The number of unbranched alkanes of at least 4 members (excludes halogenated alkanes) is 4. The van der Waals surface area contributed by atoms with Crippen molar-refractivity contribution >= 4 is 19.2 Å². The molecule has 0 radical (unpaired) electrons. The Balaban J connectivity index is 2.56. The van der Waals surface area contributed by atoms with E-state index in [4.69, 9.17) is 6.15 Å². The molecule has 0 aromatic heterocycles. The van der Waals surface area contributed by atoms with Crippen LogP contribution in [0.15, 0.2) is 36.4 Å². The SMILES string of the molecule is CCCCc1c(CC)cccc1[O][Sn]([CH2]CCC)([CH2]CCC)[O]c1cccc(CC)c1CCCC. The van der Waals surface area contributed by atoms with Gasteiger partial charge in [0.05, 0.1) is 0 Å². The van der Waals surface area contributed by atoms with E-state index < -0.39 is 19.2 Å². The van der Waals surface area contributed by atoms with Gasteiger partial charge in [0.25, 0.3) is 0 Å². The average molecular weight is 587 g/mol. The molecule has 3 heteroatoms. The summed E-state index contributed by atoms with van der Waals surface area (Å²) in [4.78, 5) is 0. The molecular formula is C32H52O2Sn. The second-order valence-electron chi connectivity index (χ2n) is 10.0. The zero-order chi connectivity index (χ0) is 25.5. The molecule has 0 aliphatic rings. The van der Waals surface area contributed by atoms with Gasteiger partial charge in [-0.2, -0.15) is 0 Å². The number of benzene rings is 2. The van der Waals surface area contributed by atoms with Crippen molar-refractivity contribution in [1.29, 1.82) is 0 Å². The summed E-state index contributed by atoms with van der Waals surface area (Å²) in [6, 6.07) is 13.5. The third-order valence-electron chi connectivity index (χ3n) is 7.20. The Labute approximate surface area is 222 Å². The maximum atomic E-state index is 7.30. The molecule has 0 saturated carbocycles. The zero-order valence-electron chi connectivity index (χ0n) is 23.7. The average Bonchev–Trinajstić information content (AvgIpc) is 2.88. The summed E-state index contributed by atoms with van der Waals surface area (Å²) in [7, 11) is 0. The molecule has 0 unspecified atom stereocenters. The summed E-state index contributed by atoms with van der Waals surface area (Å²) in [5, 5.41) is 0. The van der Waals surface area contributed by atoms with Gasteiger partial charge in [0.1, 0.15) is 0 Å². The van der Waals surface area contributed by atoms with Gasteiger partial charge in [0.15, 0.2) is 0 Å². The topological polar surface area (TPSA) is 18.5 Å². The summed E-state index contributed by atoms with van der Waals surface area (Å²) < 4.78 is 16.8. The van der Waals surface area contributed by atoms with Crippen molar-refractivity contribution < 1.29 is 6.15 Å². The fraction of sp³-hybridized carbons (Fsp3) is 0.625. The number of hydrogen-bond donors (Lipinski definition) is 0. The third kappa shape index (κ3) is 9.02. The summed E-state index contributed by atoms with van der Waals surface area (Å²) in [5.41, 5.74) is 5.75. The molecular weight excluding hydrogens is 535 g/mol. The molecule has 0 saturated heterocycles. The predicted molar refractivity (Wildman–Crippen MR) is 155 cm³/mol. The molecule has 2 aromatic carbocycles. The van der Waals surface area contributed by atoms with Crippen LogP contribution in [0.25, 0.3) is 0 Å². The monoisotopic (exact) mass is 588 g/mol. The van der Waals surface area contributed by atoms with E-state index in [0.29, 0.717) is 0 Å². The fourth-order valence-electron chi connectivity index (χ4n) is 4.99. The first-order chi connectivity index (χ1) is 17.1. The minimum absolute atomic E-state index is 1.06. The predicted octanol–water partition coefficient (Wildman–Crippen LogP) is 10.00. The normalized spacial score (nSPS) is 11.6. The van der Waals surface area contributed by atoms with Gasteiger partial charge in [-0.05, 0) is 0 Å². The molecule has 0 spiro atoms. The van der Waals surface area contributed by atoms with Crippen molar-refractivity contribution in [1.82, 2.24) is 0 Å². The van der Waals surface area contributed by atoms with Crippen molar-refractivity contribution in [3.05, 3.63) is 58.7 Å².